The molecule has 112 valence electrons. The Bertz CT molecular complexity index is 578. The molecule has 21 heavy (non-hydrogen) atoms. The first-order valence-electron chi connectivity index (χ1n) is 7.80. The van der Waals surface area contributed by atoms with Crippen molar-refractivity contribution < 1.29 is 0 Å². The van der Waals surface area contributed by atoms with Gasteiger partial charge in [-0.05, 0) is 77.9 Å². The number of aryl methyl sites for hydroxylation is 1. The van der Waals surface area contributed by atoms with Gasteiger partial charge in [0.2, 0.25) is 0 Å². The van der Waals surface area contributed by atoms with Gasteiger partial charge in [-0.3, -0.25) is 0 Å². The summed E-state index contributed by atoms with van der Waals surface area (Å²) in [6, 6.07) is 13.8. The molecule has 1 aliphatic carbocycles. The van der Waals surface area contributed by atoms with Crippen molar-refractivity contribution in [2.45, 2.75) is 44.6 Å². The molecule has 0 fully saturated rings. The summed E-state index contributed by atoms with van der Waals surface area (Å²) in [5, 5.41) is 3.80. The number of hydrogen-bond donors (Lipinski definition) is 1. The Labute approximate surface area is 145 Å². The van der Waals surface area contributed by atoms with Crippen molar-refractivity contribution >= 4 is 33.9 Å². The molecule has 0 saturated carbocycles. The summed E-state index contributed by atoms with van der Waals surface area (Å²) < 4.78 is 1.43. The van der Waals surface area contributed by atoms with Crippen LogP contribution in [0.1, 0.15) is 54.1 Å². The fourth-order valence-electron chi connectivity index (χ4n) is 3.16. The van der Waals surface area contributed by atoms with Gasteiger partial charge in [-0.25, -0.2) is 0 Å². The Balaban J connectivity index is 1.54. The summed E-state index contributed by atoms with van der Waals surface area (Å²) in [6.45, 7) is 3.43. The van der Waals surface area contributed by atoms with E-state index in [2.05, 4.69) is 71.2 Å². The molecule has 2 unspecified atom stereocenters. The van der Waals surface area contributed by atoms with Crippen LogP contribution in [-0.2, 0) is 6.42 Å². The number of halogens is 1. The quantitative estimate of drug-likeness (QED) is 0.640. The van der Waals surface area contributed by atoms with Gasteiger partial charge in [0.1, 0.15) is 0 Å². The third kappa shape index (κ3) is 3.88. The smallest absolute Gasteiger partial charge is 0.0659 e. The molecule has 1 aromatic heterocycles. The first-order valence-corrected chi connectivity index (χ1v) is 9.70. The van der Waals surface area contributed by atoms with Crippen molar-refractivity contribution in [2.24, 2.45) is 0 Å². The van der Waals surface area contributed by atoms with Gasteiger partial charge in [-0.2, -0.15) is 0 Å². The number of rotatable bonds is 5. The van der Waals surface area contributed by atoms with Crippen molar-refractivity contribution in [2.75, 3.05) is 6.54 Å². The normalized spacial score (nSPS) is 19.2. The summed E-state index contributed by atoms with van der Waals surface area (Å²) in [4.78, 5) is 1.61. The van der Waals surface area contributed by atoms with Gasteiger partial charge in [0.15, 0.2) is 0 Å². The summed E-state index contributed by atoms with van der Waals surface area (Å²) in [5.74, 6) is 0.629. The molecule has 0 spiro atoms. The highest BCUT2D eigenvalue weighted by molar-refractivity contribution is 14.1. The van der Waals surface area contributed by atoms with Crippen molar-refractivity contribution in [1.82, 2.24) is 5.32 Å². The molecule has 2 atom stereocenters. The van der Waals surface area contributed by atoms with Crippen LogP contribution in [-0.4, -0.2) is 6.54 Å². The average Bonchev–Trinajstić information content (AvgIpc) is 2.89. The number of benzene rings is 1. The van der Waals surface area contributed by atoms with E-state index in [1.807, 2.05) is 11.3 Å². The lowest BCUT2D eigenvalue weighted by molar-refractivity contribution is 0.450. The molecule has 0 saturated heterocycles. The summed E-state index contributed by atoms with van der Waals surface area (Å²) in [5.41, 5.74) is 3.02. The maximum Gasteiger partial charge on any atom is 0.0659 e. The summed E-state index contributed by atoms with van der Waals surface area (Å²) >= 11 is 4.43. The first kappa shape index (κ1) is 15.5. The average molecular weight is 411 g/mol. The van der Waals surface area contributed by atoms with E-state index in [0.29, 0.717) is 12.0 Å². The Morgan fingerprint density at radius 3 is 2.95 bits per heavy atom. The Kier molecular flexibility index (Phi) is 5.35. The largest absolute Gasteiger partial charge is 0.310 e. The van der Waals surface area contributed by atoms with Crippen LogP contribution in [0.3, 0.4) is 0 Å². The van der Waals surface area contributed by atoms with Crippen LogP contribution >= 0.6 is 33.9 Å². The van der Waals surface area contributed by atoms with Gasteiger partial charge >= 0.3 is 0 Å². The predicted molar refractivity (Wildman–Crippen MR) is 100 cm³/mol. The van der Waals surface area contributed by atoms with Crippen molar-refractivity contribution in [3.8, 4) is 0 Å². The SMILES string of the molecule is CC(CCNC1CCCc2sc(I)cc21)c1ccccc1. The van der Waals surface area contributed by atoms with E-state index >= 15 is 0 Å². The van der Waals surface area contributed by atoms with Crippen molar-refractivity contribution in [1.29, 1.82) is 0 Å². The Morgan fingerprint density at radius 2 is 2.14 bits per heavy atom. The fraction of sp³-hybridized carbons (Fsp3) is 0.444. The molecule has 3 rings (SSSR count). The number of fused-ring (bicyclic) bond motifs is 1. The van der Waals surface area contributed by atoms with Crippen LogP contribution in [0.5, 0.6) is 0 Å². The van der Waals surface area contributed by atoms with E-state index in [9.17, 15) is 0 Å². The van der Waals surface area contributed by atoms with E-state index in [4.69, 9.17) is 0 Å². The molecule has 1 N–H and O–H groups in total. The monoisotopic (exact) mass is 411 g/mol. The third-order valence-electron chi connectivity index (χ3n) is 4.42. The molecule has 2 aromatic rings. The summed E-state index contributed by atoms with van der Waals surface area (Å²) in [7, 11) is 0. The van der Waals surface area contributed by atoms with Gasteiger partial charge in [-0.1, -0.05) is 37.3 Å². The molecule has 0 amide bonds. The number of thiophene rings is 1. The van der Waals surface area contributed by atoms with Gasteiger partial charge in [0.05, 0.1) is 2.88 Å². The van der Waals surface area contributed by atoms with E-state index in [1.165, 1.54) is 34.1 Å². The molecule has 0 radical (unpaired) electrons. The van der Waals surface area contributed by atoms with Crippen LogP contribution in [0.4, 0.5) is 0 Å². The van der Waals surface area contributed by atoms with Gasteiger partial charge in [-0.15, -0.1) is 11.3 Å². The van der Waals surface area contributed by atoms with Gasteiger partial charge in [0.25, 0.3) is 0 Å². The van der Waals surface area contributed by atoms with E-state index < -0.39 is 0 Å². The topological polar surface area (TPSA) is 12.0 Å². The molecule has 1 aliphatic rings. The molecule has 1 heterocycles. The number of nitrogens with one attached hydrogen (secondary N) is 1. The zero-order chi connectivity index (χ0) is 14.7. The van der Waals surface area contributed by atoms with E-state index in [1.54, 1.807) is 10.4 Å². The number of hydrogen-bond acceptors (Lipinski definition) is 2. The van der Waals surface area contributed by atoms with Gasteiger partial charge in [0, 0.05) is 10.9 Å². The molecular formula is C18H22INS. The highest BCUT2D eigenvalue weighted by Gasteiger charge is 2.22. The van der Waals surface area contributed by atoms with Crippen molar-refractivity contribution in [3.63, 3.8) is 0 Å². The van der Waals surface area contributed by atoms with E-state index in [-0.39, 0.29) is 0 Å². The molecule has 0 aliphatic heterocycles. The lowest BCUT2D eigenvalue weighted by Gasteiger charge is -2.24. The molecule has 3 heteroatoms. The lowest BCUT2D eigenvalue weighted by Crippen LogP contribution is -2.26. The highest BCUT2D eigenvalue weighted by Crippen LogP contribution is 2.36. The second kappa shape index (κ2) is 7.25. The van der Waals surface area contributed by atoms with Crippen LogP contribution in [0, 0.1) is 2.88 Å². The molecule has 0 bridgehead atoms. The Morgan fingerprint density at radius 1 is 1.33 bits per heavy atom. The van der Waals surface area contributed by atoms with Crippen LogP contribution in [0.15, 0.2) is 36.4 Å². The van der Waals surface area contributed by atoms with Crippen molar-refractivity contribution in [3.05, 3.63) is 55.3 Å². The summed E-state index contributed by atoms with van der Waals surface area (Å²) in [6.07, 6.45) is 5.10. The minimum absolute atomic E-state index is 0.580. The van der Waals surface area contributed by atoms with Crippen LogP contribution in [0.25, 0.3) is 0 Å². The maximum absolute atomic E-state index is 3.80. The second-order valence-electron chi connectivity index (χ2n) is 5.93. The first-order chi connectivity index (χ1) is 10.2. The van der Waals surface area contributed by atoms with E-state index in [0.717, 1.165) is 6.54 Å². The minimum Gasteiger partial charge on any atom is -0.310 e. The molecular weight excluding hydrogens is 389 g/mol. The maximum atomic E-state index is 3.80. The standard InChI is InChI=1S/C18H22INS/c1-13(14-6-3-2-4-7-14)10-11-20-16-8-5-9-17-15(16)12-18(19)21-17/h2-4,6-7,12-13,16,20H,5,8-11H2,1H3. The second-order valence-corrected chi connectivity index (χ2v) is 8.96. The zero-order valence-electron chi connectivity index (χ0n) is 12.4. The molecule has 1 aromatic carbocycles. The lowest BCUT2D eigenvalue weighted by atomic mass is 9.93. The van der Waals surface area contributed by atoms with Gasteiger partial charge < -0.3 is 5.32 Å². The van der Waals surface area contributed by atoms with Crippen LogP contribution in [0.2, 0.25) is 0 Å². The predicted octanol–water partition coefficient (Wildman–Crippen LogP) is 5.51. The molecule has 1 nitrogen and oxygen atoms in total. The van der Waals surface area contributed by atoms with Crippen LogP contribution < -0.4 is 5.32 Å². The zero-order valence-corrected chi connectivity index (χ0v) is 15.4. The third-order valence-corrected chi connectivity index (χ3v) is 6.39. The highest BCUT2D eigenvalue weighted by atomic mass is 127. The fourth-order valence-corrected chi connectivity index (χ4v) is 5.28. The Hall–Kier alpha value is -0.390. The minimum atomic E-state index is 0.580.